The summed E-state index contributed by atoms with van der Waals surface area (Å²) in [5, 5.41) is 19.7. The molecule has 5 aliphatic rings. The number of hydrogen-bond donors (Lipinski definition) is 0. The summed E-state index contributed by atoms with van der Waals surface area (Å²) in [7, 11) is 0. The van der Waals surface area contributed by atoms with Crippen molar-refractivity contribution in [2.24, 2.45) is 5.41 Å². The number of allylic oxidation sites excluding steroid dienone is 2. The number of halogens is 4. The van der Waals surface area contributed by atoms with Gasteiger partial charge in [0, 0.05) is 115 Å². The van der Waals surface area contributed by atoms with Gasteiger partial charge in [-0.1, -0.05) is 46.3 Å². The Bertz CT molecular complexity index is 4570. The first-order valence-corrected chi connectivity index (χ1v) is 37.6. The lowest BCUT2D eigenvalue weighted by molar-refractivity contribution is 0.0245. The van der Waals surface area contributed by atoms with Crippen LogP contribution in [0.1, 0.15) is 213 Å². The quantitative estimate of drug-likeness (QED) is 0.105. The second-order valence-electron chi connectivity index (χ2n) is 25.5. The Labute approximate surface area is 596 Å². The maximum atomic E-state index is 13.3. The van der Waals surface area contributed by atoms with Crippen molar-refractivity contribution in [1.29, 1.82) is 0 Å². The van der Waals surface area contributed by atoms with Gasteiger partial charge in [-0.05, 0) is 228 Å². The number of carbonyl (C=O) groups excluding carboxylic acids is 4. The van der Waals surface area contributed by atoms with E-state index in [9.17, 15) is 19.2 Å². The van der Waals surface area contributed by atoms with Gasteiger partial charge in [0.15, 0.2) is 22.6 Å². The van der Waals surface area contributed by atoms with Crippen LogP contribution in [0.2, 0.25) is 0 Å². The summed E-state index contributed by atoms with van der Waals surface area (Å²) in [5.74, 6) is 0.535. The maximum absolute atomic E-state index is 13.3. The third-order valence-electron chi connectivity index (χ3n) is 19.7. The van der Waals surface area contributed by atoms with E-state index in [-0.39, 0.29) is 53.2 Å². The molecule has 15 rings (SSSR count). The molecule has 3 aliphatic heterocycles. The molecule has 1 spiro atoms. The normalized spacial score (nSPS) is 18.2. The molecule has 3 unspecified atom stereocenters. The molecule has 1 saturated heterocycles. The third kappa shape index (κ3) is 13.9. The highest BCUT2D eigenvalue weighted by molar-refractivity contribution is 9.11. The van der Waals surface area contributed by atoms with Gasteiger partial charge in [0.25, 0.3) is 23.6 Å². The van der Waals surface area contributed by atoms with Gasteiger partial charge in [0.2, 0.25) is 0 Å². The number of nitrogens with zero attached hydrogens (tertiary/aromatic N) is 17. The van der Waals surface area contributed by atoms with E-state index < -0.39 is 0 Å². The zero-order chi connectivity index (χ0) is 67.9. The van der Waals surface area contributed by atoms with Crippen LogP contribution in [0.4, 0.5) is 0 Å². The van der Waals surface area contributed by atoms with E-state index in [1.54, 1.807) is 20.4 Å². The molecular weight excluding hydrogens is 1490 g/mol. The molecule has 1 saturated carbocycles. The fraction of sp³-hybridized carbons (Fsp3) is 0.457. The Hall–Kier alpha value is -7.00. The Morgan fingerprint density at radius 2 is 1.09 bits per heavy atom. The van der Waals surface area contributed by atoms with Gasteiger partial charge in [0.05, 0.1) is 12.1 Å². The summed E-state index contributed by atoms with van der Waals surface area (Å²) < 4.78 is 12.4. The van der Waals surface area contributed by atoms with Gasteiger partial charge in [-0.2, -0.15) is 20.4 Å². The number of hydrogen-bond acceptors (Lipinski definition) is 13. The average molecular weight is 1580 g/mol. The number of likely N-dealkylation sites (tertiary alicyclic amines) is 1. The Morgan fingerprint density at radius 1 is 0.594 bits per heavy atom. The monoisotopic (exact) mass is 1570 g/mol. The van der Waals surface area contributed by atoms with E-state index in [1.165, 1.54) is 22.6 Å². The van der Waals surface area contributed by atoms with E-state index in [0.717, 1.165) is 143 Å². The minimum absolute atomic E-state index is 0.00188. The van der Waals surface area contributed by atoms with E-state index >= 15 is 0 Å². The van der Waals surface area contributed by atoms with Crippen LogP contribution < -0.4 is 0 Å². The molecule has 13 heterocycles. The van der Waals surface area contributed by atoms with Gasteiger partial charge in [-0.15, -0.1) is 11.3 Å². The number of aromatic nitrogens is 13. The molecule has 21 nitrogen and oxygen atoms in total. The first-order chi connectivity index (χ1) is 46.2. The zero-order valence-corrected chi connectivity index (χ0v) is 62.9. The number of thiophene rings is 1. The topological polar surface area (TPSA) is 207 Å². The Morgan fingerprint density at radius 3 is 1.62 bits per heavy atom. The summed E-state index contributed by atoms with van der Waals surface area (Å²) in [6.07, 6.45) is 18.7. The first kappa shape index (κ1) is 68.9. The fourth-order valence-corrected chi connectivity index (χ4v) is 16.6. The largest absolute Gasteiger partial charge is 0.348 e. The van der Waals surface area contributed by atoms with Crippen molar-refractivity contribution in [1.82, 2.24) is 82.6 Å². The molecule has 26 heteroatoms. The van der Waals surface area contributed by atoms with Crippen molar-refractivity contribution >= 4 is 121 Å². The molecule has 10 aromatic heterocycles. The fourth-order valence-electron chi connectivity index (χ4n) is 14.2. The van der Waals surface area contributed by atoms with Crippen LogP contribution in [0.3, 0.4) is 0 Å². The molecular formula is C70H81Br4N17O4S. The van der Waals surface area contributed by atoms with E-state index in [1.807, 2.05) is 90.2 Å². The molecule has 0 N–H and O–H groups in total. The minimum atomic E-state index is -0.0236. The smallest absolute Gasteiger partial charge is 0.273 e. The van der Waals surface area contributed by atoms with Gasteiger partial charge in [0.1, 0.15) is 41.2 Å². The summed E-state index contributed by atoms with van der Waals surface area (Å²) in [4.78, 5) is 79.8. The Balaban J connectivity index is 0.000000123. The summed E-state index contributed by atoms with van der Waals surface area (Å²) >= 11 is 15.4. The number of aryl methyl sites for hydroxylation is 3. The van der Waals surface area contributed by atoms with Crippen molar-refractivity contribution in [3.63, 3.8) is 0 Å². The average Bonchev–Trinajstić information content (AvgIpc) is 1.35. The number of fused-ring (bicyclic) bond motifs is 6. The summed E-state index contributed by atoms with van der Waals surface area (Å²) in [6.45, 7) is 22.6. The van der Waals surface area contributed by atoms with Gasteiger partial charge in [-0.25, -0.2) is 38.0 Å². The van der Waals surface area contributed by atoms with Crippen LogP contribution >= 0.6 is 75.1 Å². The molecule has 10 aromatic rings. The van der Waals surface area contributed by atoms with Crippen molar-refractivity contribution in [2.75, 3.05) is 26.2 Å². The lowest BCUT2D eigenvalue weighted by Crippen LogP contribution is -2.52. The second kappa shape index (κ2) is 29.2. The predicted molar refractivity (Wildman–Crippen MR) is 386 cm³/mol. The third-order valence-corrected chi connectivity index (χ3v) is 22.2. The van der Waals surface area contributed by atoms with E-state index in [4.69, 9.17) is 0 Å². The number of amides is 4. The number of rotatable bonds is 12. The molecule has 0 radical (unpaired) electrons. The van der Waals surface area contributed by atoms with E-state index in [2.05, 4.69) is 200 Å². The summed E-state index contributed by atoms with van der Waals surface area (Å²) in [5.41, 5.74) is 11.6. The van der Waals surface area contributed by atoms with Crippen molar-refractivity contribution in [3.05, 3.63) is 171 Å². The summed E-state index contributed by atoms with van der Waals surface area (Å²) in [6, 6.07) is 21.8. The second-order valence-corrected chi connectivity index (χ2v) is 29.8. The van der Waals surface area contributed by atoms with Gasteiger partial charge < -0.3 is 24.2 Å². The molecule has 0 bridgehead atoms. The van der Waals surface area contributed by atoms with Crippen LogP contribution in [0.25, 0.3) is 22.6 Å². The van der Waals surface area contributed by atoms with Crippen LogP contribution in [-0.2, 0) is 32.2 Å². The van der Waals surface area contributed by atoms with E-state index in [0.29, 0.717) is 53.1 Å². The Kier molecular flexibility index (Phi) is 21.0. The minimum Gasteiger partial charge on any atom is -0.348 e. The van der Waals surface area contributed by atoms with Crippen molar-refractivity contribution in [2.45, 2.75) is 176 Å². The zero-order valence-electron chi connectivity index (χ0n) is 55.7. The highest BCUT2D eigenvalue weighted by Gasteiger charge is 2.44. The highest BCUT2D eigenvalue weighted by Crippen LogP contribution is 2.46. The molecule has 2 aliphatic carbocycles. The van der Waals surface area contributed by atoms with Crippen LogP contribution in [-0.4, -0.2) is 144 Å². The number of carbonyl (C=O) groups is 4. The lowest BCUT2D eigenvalue weighted by atomic mass is 9.72. The first-order valence-electron chi connectivity index (χ1n) is 33.6. The highest BCUT2D eigenvalue weighted by atomic mass is 79.9. The standard InChI is InChI=1S/C19H23BrN4O.C18H17BrN4OS.C17H18BrN5O.C16H23BrN4O/c1-3-14-11-15(21-17-12-16(20)22-24(14)17)18(25)23-10-6-9-19(13(23)2)7-4-5-8-19;1-10-12-5-7-25-15(12)4-6-22(10)18(24)13-8-14(11-2-3-11)23-17(20-13)9-16(19)21-23;1-3-12-9-13(19-16-10-15(18)20-23(12)16)17(24)22-8-7-21-6-4-5-14(21)11(22)2;1-5-8-11(4)20(7-3)16(22)13-9-12(6-2)21-15(18-13)10-14(17)19-21/h4-5,11-13H,3,6-10H2,1-2H3;5,7-11H,2-4,6H2,1H3;4-6,9-11H,3,7-8H2,1-2H3;9-11H,5-8H2,1-4H3/t;10-;;/m.1../s1. The van der Waals surface area contributed by atoms with Crippen LogP contribution in [0.5, 0.6) is 0 Å². The molecule has 2 fully saturated rings. The number of piperidine rings is 1. The van der Waals surface area contributed by atoms with Crippen molar-refractivity contribution in [3.8, 4) is 0 Å². The molecule has 96 heavy (non-hydrogen) atoms. The SMILES string of the molecule is CCCC(C)N(CC)C(=O)c1cc(CC)n2nc(Br)cc2n1.CCc1cc(C(=O)N2CCCC3(CC=CC3)C2C)nc2cc(Br)nn12.CCc1cc(C(=O)N2CCn3cccc3C2C)nc2cc(Br)nn12.C[C@@H]1c2ccsc2CCN1C(=O)c1cc(C2CC2)n2nc(Br)cc2n1. The predicted octanol–water partition coefficient (Wildman–Crippen LogP) is 15.0. The van der Waals surface area contributed by atoms with Gasteiger partial charge >= 0.3 is 0 Å². The van der Waals surface area contributed by atoms with Crippen LogP contribution in [0, 0.1) is 5.41 Å². The van der Waals surface area contributed by atoms with Crippen molar-refractivity contribution < 1.29 is 19.2 Å². The molecule has 4 amide bonds. The molecule has 504 valence electrons. The molecule has 0 aromatic carbocycles. The maximum Gasteiger partial charge on any atom is 0.273 e. The van der Waals surface area contributed by atoms with Gasteiger partial charge in [-0.3, -0.25) is 19.2 Å². The molecule has 4 atom stereocenters. The lowest BCUT2D eigenvalue weighted by Gasteiger charge is -2.46. The van der Waals surface area contributed by atoms with Crippen LogP contribution in [0.15, 0.2) is 109 Å².